The van der Waals surface area contributed by atoms with E-state index in [4.69, 9.17) is 9.15 Å². The maximum atomic E-state index is 11.3. The average molecular weight is 209 g/mol. The van der Waals surface area contributed by atoms with E-state index < -0.39 is 11.7 Å². The lowest BCUT2D eigenvalue weighted by Gasteiger charge is -2.19. The Morgan fingerprint density at radius 3 is 2.67 bits per heavy atom. The number of alkyl carbamates (subject to hydrolysis) is 1. The second-order valence-corrected chi connectivity index (χ2v) is 4.08. The molecule has 1 rings (SSSR count). The number of hydrogen-bond acceptors (Lipinski definition) is 3. The van der Waals surface area contributed by atoms with E-state index in [2.05, 4.69) is 11.9 Å². The van der Waals surface area contributed by atoms with Gasteiger partial charge in [0.05, 0.1) is 12.0 Å². The highest BCUT2D eigenvalue weighted by atomic mass is 16.6. The molecule has 0 aliphatic carbocycles. The predicted molar refractivity (Wildman–Crippen MR) is 57.1 cm³/mol. The molecular formula is C11H15NO3. The van der Waals surface area contributed by atoms with Gasteiger partial charge in [-0.3, -0.25) is 5.32 Å². The maximum absolute atomic E-state index is 11.3. The molecule has 1 heterocycles. The van der Waals surface area contributed by atoms with Gasteiger partial charge >= 0.3 is 6.09 Å². The van der Waals surface area contributed by atoms with Crippen LogP contribution >= 0.6 is 0 Å². The Balaban J connectivity index is 2.50. The lowest BCUT2D eigenvalue weighted by atomic mass is 10.2. The van der Waals surface area contributed by atoms with Crippen LogP contribution in [0, 0.1) is 0 Å². The van der Waals surface area contributed by atoms with Crippen molar-refractivity contribution in [3.63, 3.8) is 0 Å². The largest absolute Gasteiger partial charge is 0.463 e. The van der Waals surface area contributed by atoms with Crippen LogP contribution in [-0.2, 0) is 4.74 Å². The number of carbonyl (C=O) groups excluding carboxylic acids is 1. The molecule has 0 spiro atoms. The molecule has 0 aliphatic rings. The molecular weight excluding hydrogens is 194 g/mol. The van der Waals surface area contributed by atoms with Crippen LogP contribution in [0.1, 0.15) is 26.5 Å². The number of hydrogen-bond donors (Lipinski definition) is 1. The Bertz CT molecular complexity index is 346. The molecule has 1 aromatic rings. The van der Waals surface area contributed by atoms with Crippen molar-refractivity contribution < 1.29 is 13.9 Å². The predicted octanol–water partition coefficient (Wildman–Crippen LogP) is 2.78. The van der Waals surface area contributed by atoms with Gasteiger partial charge in [-0.05, 0) is 32.9 Å². The fourth-order valence-corrected chi connectivity index (χ4v) is 0.939. The molecule has 1 N–H and O–H groups in total. The van der Waals surface area contributed by atoms with Crippen LogP contribution in [0.2, 0.25) is 0 Å². The van der Waals surface area contributed by atoms with Crippen molar-refractivity contribution in [3.8, 4) is 0 Å². The number of rotatable bonds is 2. The Hall–Kier alpha value is -1.71. The zero-order valence-electron chi connectivity index (χ0n) is 9.16. The summed E-state index contributed by atoms with van der Waals surface area (Å²) < 4.78 is 10.1. The van der Waals surface area contributed by atoms with Gasteiger partial charge in [0.1, 0.15) is 11.4 Å². The van der Waals surface area contributed by atoms with E-state index in [1.165, 1.54) is 6.26 Å². The summed E-state index contributed by atoms with van der Waals surface area (Å²) in [5, 5.41) is 2.49. The minimum atomic E-state index is -0.538. The Labute approximate surface area is 88.9 Å². The van der Waals surface area contributed by atoms with E-state index >= 15 is 0 Å². The van der Waals surface area contributed by atoms with Crippen LogP contribution in [0.15, 0.2) is 29.4 Å². The van der Waals surface area contributed by atoms with E-state index in [1.54, 1.807) is 32.9 Å². The molecule has 0 aliphatic heterocycles. The van der Waals surface area contributed by atoms with Gasteiger partial charge in [0.2, 0.25) is 0 Å². The van der Waals surface area contributed by atoms with E-state index in [0.717, 1.165) is 0 Å². The van der Waals surface area contributed by atoms with E-state index in [-0.39, 0.29) is 0 Å². The molecule has 1 amide bonds. The lowest BCUT2D eigenvalue weighted by molar-refractivity contribution is 0.0557. The number of nitrogens with one attached hydrogen (secondary N) is 1. The van der Waals surface area contributed by atoms with Crippen LogP contribution in [-0.4, -0.2) is 11.7 Å². The summed E-state index contributed by atoms with van der Waals surface area (Å²) in [5.74, 6) is 0.515. The maximum Gasteiger partial charge on any atom is 0.412 e. The third-order valence-electron chi connectivity index (χ3n) is 1.47. The second kappa shape index (κ2) is 4.21. The first kappa shape index (κ1) is 11.4. The van der Waals surface area contributed by atoms with Crippen LogP contribution in [0.5, 0.6) is 0 Å². The van der Waals surface area contributed by atoms with Crippen molar-refractivity contribution in [3.05, 3.63) is 30.7 Å². The molecule has 0 bridgehead atoms. The zero-order chi connectivity index (χ0) is 11.5. The van der Waals surface area contributed by atoms with E-state index in [1.807, 2.05) is 0 Å². The van der Waals surface area contributed by atoms with Gasteiger partial charge in [-0.15, -0.1) is 0 Å². The fraction of sp³-hybridized carbons (Fsp3) is 0.364. The van der Waals surface area contributed by atoms with Crippen LogP contribution in [0.3, 0.4) is 0 Å². The van der Waals surface area contributed by atoms with Crippen molar-refractivity contribution in [2.45, 2.75) is 26.4 Å². The molecule has 0 radical (unpaired) electrons. The van der Waals surface area contributed by atoms with Gasteiger partial charge in [0.15, 0.2) is 0 Å². The number of amides is 1. The second-order valence-electron chi connectivity index (χ2n) is 4.08. The van der Waals surface area contributed by atoms with Crippen molar-refractivity contribution in [1.29, 1.82) is 0 Å². The highest BCUT2D eigenvalue weighted by Gasteiger charge is 2.17. The monoisotopic (exact) mass is 209 g/mol. The molecule has 0 fully saturated rings. The quantitative estimate of drug-likeness (QED) is 0.814. The smallest absolute Gasteiger partial charge is 0.412 e. The minimum absolute atomic E-state index is 0.384. The zero-order valence-corrected chi connectivity index (χ0v) is 9.16. The molecule has 0 unspecified atom stereocenters. The summed E-state index contributed by atoms with van der Waals surface area (Å²) in [6.07, 6.45) is 0.973. The van der Waals surface area contributed by atoms with Crippen molar-refractivity contribution in [2.24, 2.45) is 0 Å². The standard InChI is InChI=1S/C11H15NO3/c1-8(9-6-5-7-14-9)12-10(13)15-11(2,3)4/h5-7H,1H2,2-4H3,(H,12,13). The van der Waals surface area contributed by atoms with Crippen molar-refractivity contribution in [2.75, 3.05) is 0 Å². The molecule has 82 valence electrons. The topological polar surface area (TPSA) is 51.5 Å². The molecule has 15 heavy (non-hydrogen) atoms. The van der Waals surface area contributed by atoms with Gasteiger partial charge < -0.3 is 9.15 Å². The summed E-state index contributed by atoms with van der Waals surface area (Å²) in [5.41, 5.74) is -0.137. The Morgan fingerprint density at radius 1 is 1.53 bits per heavy atom. The van der Waals surface area contributed by atoms with Gasteiger partial charge in [-0.1, -0.05) is 6.58 Å². The molecule has 0 saturated carbocycles. The van der Waals surface area contributed by atoms with Crippen molar-refractivity contribution in [1.82, 2.24) is 5.32 Å². The Kier molecular flexibility index (Phi) is 3.19. The highest BCUT2D eigenvalue weighted by Crippen LogP contribution is 2.11. The number of furan rings is 1. The van der Waals surface area contributed by atoms with E-state index in [0.29, 0.717) is 11.5 Å². The molecule has 0 aromatic carbocycles. The average Bonchev–Trinajstić information content (AvgIpc) is 2.50. The summed E-state index contributed by atoms with van der Waals surface area (Å²) in [6.45, 7) is 9.04. The third kappa shape index (κ3) is 3.89. The fourth-order valence-electron chi connectivity index (χ4n) is 0.939. The lowest BCUT2D eigenvalue weighted by Crippen LogP contribution is -2.31. The van der Waals surface area contributed by atoms with Crippen molar-refractivity contribution >= 4 is 11.8 Å². The molecule has 4 nitrogen and oxygen atoms in total. The first-order valence-corrected chi connectivity index (χ1v) is 4.61. The van der Waals surface area contributed by atoms with Crippen LogP contribution < -0.4 is 5.32 Å². The van der Waals surface area contributed by atoms with Gasteiger partial charge in [-0.25, -0.2) is 4.79 Å². The number of ether oxygens (including phenoxy) is 1. The highest BCUT2D eigenvalue weighted by molar-refractivity contribution is 5.79. The minimum Gasteiger partial charge on any atom is -0.463 e. The first-order valence-electron chi connectivity index (χ1n) is 4.61. The van der Waals surface area contributed by atoms with Gasteiger partial charge in [0.25, 0.3) is 0 Å². The Morgan fingerprint density at radius 2 is 2.20 bits per heavy atom. The summed E-state index contributed by atoms with van der Waals surface area (Å²) in [7, 11) is 0. The normalized spacial score (nSPS) is 10.9. The van der Waals surface area contributed by atoms with Gasteiger partial charge in [0, 0.05) is 0 Å². The van der Waals surface area contributed by atoms with Crippen LogP contribution in [0.4, 0.5) is 4.79 Å². The number of carbonyl (C=O) groups is 1. The summed E-state index contributed by atoms with van der Waals surface area (Å²) in [6, 6.07) is 3.43. The molecule has 0 atom stereocenters. The molecule has 4 heteroatoms. The summed E-state index contributed by atoms with van der Waals surface area (Å²) >= 11 is 0. The first-order chi connectivity index (χ1) is 6.88. The molecule has 1 aromatic heterocycles. The SMILES string of the molecule is C=C(NC(=O)OC(C)(C)C)c1ccco1. The molecule has 0 saturated heterocycles. The van der Waals surface area contributed by atoms with Crippen LogP contribution in [0.25, 0.3) is 5.70 Å². The summed E-state index contributed by atoms with van der Waals surface area (Å²) in [4.78, 5) is 11.3. The van der Waals surface area contributed by atoms with E-state index in [9.17, 15) is 4.79 Å². The van der Waals surface area contributed by atoms with Gasteiger partial charge in [-0.2, -0.15) is 0 Å². The third-order valence-corrected chi connectivity index (χ3v) is 1.47.